The average Bonchev–Trinajstić information content (AvgIpc) is 2.66. The van der Waals surface area contributed by atoms with Crippen LogP contribution >= 0.6 is 0 Å². The first kappa shape index (κ1) is 9.66. The van der Waals surface area contributed by atoms with Crippen molar-refractivity contribution in [2.75, 3.05) is 13.1 Å². The molecule has 1 aliphatic rings. The zero-order valence-electron chi connectivity index (χ0n) is 9.03. The summed E-state index contributed by atoms with van der Waals surface area (Å²) in [5, 5.41) is 0. The number of pyridine rings is 1. The fourth-order valence-electron chi connectivity index (χ4n) is 2.41. The van der Waals surface area contributed by atoms with Gasteiger partial charge in [-0.15, -0.1) is 0 Å². The van der Waals surface area contributed by atoms with Crippen LogP contribution in [0.4, 0.5) is 0 Å². The molecular weight excluding hydrogens is 172 g/mol. The minimum absolute atomic E-state index is 0.619. The Kier molecular flexibility index (Phi) is 2.82. The van der Waals surface area contributed by atoms with Gasteiger partial charge in [0.1, 0.15) is 0 Å². The number of hydrogen-bond acceptors (Lipinski definition) is 2. The van der Waals surface area contributed by atoms with Crippen molar-refractivity contribution in [1.82, 2.24) is 9.88 Å². The average molecular weight is 190 g/mol. The number of nitrogens with zero attached hydrogens (tertiary/aromatic N) is 2. The van der Waals surface area contributed by atoms with Crippen LogP contribution in [0.3, 0.4) is 0 Å². The second-order valence-corrected chi connectivity index (χ2v) is 3.96. The second kappa shape index (κ2) is 4.09. The van der Waals surface area contributed by atoms with Crippen LogP contribution in [0.2, 0.25) is 0 Å². The predicted octanol–water partition coefficient (Wildman–Crippen LogP) is 2.55. The van der Waals surface area contributed by atoms with Crippen LogP contribution in [0, 0.1) is 6.92 Å². The van der Waals surface area contributed by atoms with Crippen molar-refractivity contribution in [3.63, 3.8) is 0 Å². The maximum Gasteiger partial charge on any atom is 0.0420 e. The lowest BCUT2D eigenvalue weighted by molar-refractivity contribution is 0.270. The van der Waals surface area contributed by atoms with Crippen molar-refractivity contribution in [3.05, 3.63) is 29.6 Å². The van der Waals surface area contributed by atoms with E-state index in [9.17, 15) is 0 Å². The van der Waals surface area contributed by atoms with E-state index in [1.807, 2.05) is 6.20 Å². The third-order valence-electron chi connectivity index (χ3n) is 3.18. The van der Waals surface area contributed by atoms with Crippen LogP contribution < -0.4 is 0 Å². The maximum absolute atomic E-state index is 4.37. The van der Waals surface area contributed by atoms with Crippen molar-refractivity contribution >= 4 is 0 Å². The lowest BCUT2D eigenvalue weighted by Gasteiger charge is -2.23. The number of rotatable bonds is 2. The molecule has 0 amide bonds. The van der Waals surface area contributed by atoms with Crippen LogP contribution in [0.15, 0.2) is 18.3 Å². The van der Waals surface area contributed by atoms with E-state index in [4.69, 9.17) is 0 Å². The zero-order chi connectivity index (χ0) is 9.97. The summed E-state index contributed by atoms with van der Waals surface area (Å²) >= 11 is 0. The summed E-state index contributed by atoms with van der Waals surface area (Å²) in [4.78, 5) is 6.91. The fourth-order valence-corrected chi connectivity index (χ4v) is 2.41. The first-order valence-electron chi connectivity index (χ1n) is 5.48. The Morgan fingerprint density at radius 3 is 3.14 bits per heavy atom. The van der Waals surface area contributed by atoms with Crippen molar-refractivity contribution in [1.29, 1.82) is 0 Å². The van der Waals surface area contributed by atoms with Gasteiger partial charge in [-0.1, -0.05) is 13.0 Å². The molecule has 1 unspecified atom stereocenters. The van der Waals surface area contributed by atoms with Gasteiger partial charge >= 0.3 is 0 Å². The molecule has 0 N–H and O–H groups in total. The first-order chi connectivity index (χ1) is 6.83. The summed E-state index contributed by atoms with van der Waals surface area (Å²) in [7, 11) is 0. The molecule has 1 aliphatic heterocycles. The SMILES string of the molecule is CCN1CCCC1c1cccnc1C. The van der Waals surface area contributed by atoms with Crippen molar-refractivity contribution in [2.24, 2.45) is 0 Å². The van der Waals surface area contributed by atoms with Crippen LogP contribution in [-0.4, -0.2) is 23.0 Å². The van der Waals surface area contributed by atoms with Crippen LogP contribution in [0.1, 0.15) is 37.1 Å². The predicted molar refractivity (Wildman–Crippen MR) is 58.2 cm³/mol. The molecule has 2 heterocycles. The lowest BCUT2D eigenvalue weighted by atomic mass is 10.0. The molecule has 1 atom stereocenters. The Bertz CT molecular complexity index is 309. The van der Waals surface area contributed by atoms with Gasteiger partial charge in [0.25, 0.3) is 0 Å². The van der Waals surface area contributed by atoms with E-state index in [1.165, 1.54) is 30.6 Å². The molecule has 0 spiro atoms. The molecular formula is C12H18N2. The highest BCUT2D eigenvalue weighted by Gasteiger charge is 2.25. The molecule has 0 radical (unpaired) electrons. The van der Waals surface area contributed by atoms with Crippen molar-refractivity contribution in [3.8, 4) is 0 Å². The number of aromatic nitrogens is 1. The van der Waals surface area contributed by atoms with Crippen molar-refractivity contribution < 1.29 is 0 Å². The van der Waals surface area contributed by atoms with E-state index < -0.39 is 0 Å². The molecule has 2 nitrogen and oxygen atoms in total. The van der Waals surface area contributed by atoms with E-state index in [0.717, 1.165) is 6.54 Å². The molecule has 76 valence electrons. The molecule has 1 aromatic rings. The lowest BCUT2D eigenvalue weighted by Crippen LogP contribution is -2.23. The summed E-state index contributed by atoms with van der Waals surface area (Å²) in [5.74, 6) is 0. The minimum Gasteiger partial charge on any atom is -0.297 e. The summed E-state index contributed by atoms with van der Waals surface area (Å²) < 4.78 is 0. The van der Waals surface area contributed by atoms with Gasteiger partial charge in [-0.3, -0.25) is 9.88 Å². The molecule has 0 aliphatic carbocycles. The van der Waals surface area contributed by atoms with Gasteiger partial charge in [0.15, 0.2) is 0 Å². The van der Waals surface area contributed by atoms with Crippen LogP contribution in [0.5, 0.6) is 0 Å². The minimum atomic E-state index is 0.619. The summed E-state index contributed by atoms with van der Waals surface area (Å²) in [6.45, 7) is 6.75. The van der Waals surface area contributed by atoms with E-state index in [0.29, 0.717) is 6.04 Å². The third kappa shape index (κ3) is 1.67. The van der Waals surface area contributed by atoms with E-state index in [2.05, 4.69) is 35.9 Å². The smallest absolute Gasteiger partial charge is 0.0420 e. The van der Waals surface area contributed by atoms with Gasteiger partial charge in [-0.25, -0.2) is 0 Å². The highest BCUT2D eigenvalue weighted by molar-refractivity contribution is 5.23. The first-order valence-corrected chi connectivity index (χ1v) is 5.48. The standard InChI is InChI=1S/C12H18N2/c1-3-14-9-5-7-12(14)11-6-4-8-13-10(11)2/h4,6,8,12H,3,5,7,9H2,1-2H3. The molecule has 0 saturated carbocycles. The van der Waals surface area contributed by atoms with Gasteiger partial charge in [0.05, 0.1) is 0 Å². The monoisotopic (exact) mass is 190 g/mol. The third-order valence-corrected chi connectivity index (χ3v) is 3.18. The summed E-state index contributed by atoms with van der Waals surface area (Å²) in [6, 6.07) is 4.89. The number of aryl methyl sites for hydroxylation is 1. The molecule has 2 rings (SSSR count). The van der Waals surface area contributed by atoms with Crippen molar-refractivity contribution in [2.45, 2.75) is 32.7 Å². The topological polar surface area (TPSA) is 16.1 Å². The highest BCUT2D eigenvalue weighted by atomic mass is 15.2. The molecule has 0 aromatic carbocycles. The van der Waals surface area contributed by atoms with Crippen LogP contribution in [-0.2, 0) is 0 Å². The van der Waals surface area contributed by atoms with Gasteiger partial charge in [-0.2, -0.15) is 0 Å². The van der Waals surface area contributed by atoms with Gasteiger partial charge in [0, 0.05) is 17.9 Å². The van der Waals surface area contributed by atoms with Gasteiger partial charge in [0.2, 0.25) is 0 Å². The Morgan fingerprint density at radius 1 is 1.57 bits per heavy atom. The van der Waals surface area contributed by atoms with Gasteiger partial charge < -0.3 is 0 Å². The molecule has 1 saturated heterocycles. The molecule has 1 aromatic heterocycles. The van der Waals surface area contributed by atoms with Crippen LogP contribution in [0.25, 0.3) is 0 Å². The van der Waals surface area contributed by atoms with E-state index in [-0.39, 0.29) is 0 Å². The Hall–Kier alpha value is -0.890. The largest absolute Gasteiger partial charge is 0.297 e. The number of hydrogen-bond donors (Lipinski definition) is 0. The molecule has 14 heavy (non-hydrogen) atoms. The summed E-state index contributed by atoms with van der Waals surface area (Å²) in [5.41, 5.74) is 2.62. The highest BCUT2D eigenvalue weighted by Crippen LogP contribution is 2.32. The Morgan fingerprint density at radius 2 is 2.43 bits per heavy atom. The molecule has 1 fully saturated rings. The fraction of sp³-hybridized carbons (Fsp3) is 0.583. The van der Waals surface area contributed by atoms with E-state index in [1.54, 1.807) is 0 Å². The maximum atomic E-state index is 4.37. The molecule has 2 heteroatoms. The Balaban J connectivity index is 2.26. The Labute approximate surface area is 86.0 Å². The second-order valence-electron chi connectivity index (χ2n) is 3.96. The quantitative estimate of drug-likeness (QED) is 0.712. The molecule has 0 bridgehead atoms. The van der Waals surface area contributed by atoms with Gasteiger partial charge in [-0.05, 0) is 44.5 Å². The van der Waals surface area contributed by atoms with E-state index >= 15 is 0 Å². The normalized spacial score (nSPS) is 22.9. The summed E-state index contributed by atoms with van der Waals surface area (Å²) in [6.07, 6.45) is 4.50. The zero-order valence-corrected chi connectivity index (χ0v) is 9.03. The number of likely N-dealkylation sites (tertiary alicyclic amines) is 1.